The molecule has 1 saturated heterocycles. The predicted octanol–water partition coefficient (Wildman–Crippen LogP) is 2.72. The number of nitrogens with one attached hydrogen (secondary N) is 1. The molecule has 3 atom stereocenters. The third-order valence-corrected chi connectivity index (χ3v) is 4.27. The van der Waals surface area contributed by atoms with E-state index in [9.17, 15) is 0 Å². The second-order valence-corrected chi connectivity index (χ2v) is 5.35. The Bertz CT molecular complexity index is 207. The van der Waals surface area contributed by atoms with Gasteiger partial charge >= 0.3 is 0 Å². The van der Waals surface area contributed by atoms with Gasteiger partial charge in [0, 0.05) is 12.6 Å². The van der Waals surface area contributed by atoms with Gasteiger partial charge in [0.25, 0.3) is 0 Å². The molecule has 0 aromatic heterocycles. The molecule has 15 heavy (non-hydrogen) atoms. The normalized spacial score (nSPS) is 41.2. The van der Waals surface area contributed by atoms with Crippen LogP contribution in [0.25, 0.3) is 0 Å². The van der Waals surface area contributed by atoms with E-state index in [4.69, 9.17) is 4.74 Å². The highest BCUT2D eigenvalue weighted by Gasteiger charge is 2.44. The fourth-order valence-corrected chi connectivity index (χ4v) is 3.24. The first kappa shape index (κ1) is 11.4. The minimum atomic E-state index is 0.240. The van der Waals surface area contributed by atoms with Gasteiger partial charge in [-0.05, 0) is 44.6 Å². The molecule has 1 saturated carbocycles. The van der Waals surface area contributed by atoms with E-state index in [0.29, 0.717) is 6.04 Å². The van der Waals surface area contributed by atoms with E-state index in [1.165, 1.54) is 38.5 Å². The maximum absolute atomic E-state index is 6.11. The van der Waals surface area contributed by atoms with E-state index < -0.39 is 0 Å². The summed E-state index contributed by atoms with van der Waals surface area (Å²) >= 11 is 0. The molecule has 2 aliphatic rings. The van der Waals surface area contributed by atoms with Gasteiger partial charge < -0.3 is 10.1 Å². The molecule has 1 aliphatic heterocycles. The van der Waals surface area contributed by atoms with Gasteiger partial charge in [0.05, 0.1) is 5.60 Å². The summed E-state index contributed by atoms with van der Waals surface area (Å²) in [6.07, 6.45) is 7.70. The van der Waals surface area contributed by atoms with Crippen LogP contribution in [0.5, 0.6) is 0 Å². The van der Waals surface area contributed by atoms with Crippen LogP contribution >= 0.6 is 0 Å². The Morgan fingerprint density at radius 2 is 2.27 bits per heavy atom. The van der Waals surface area contributed by atoms with Crippen molar-refractivity contribution in [3.8, 4) is 0 Å². The summed E-state index contributed by atoms with van der Waals surface area (Å²) in [5, 5.41) is 3.66. The highest BCUT2D eigenvalue weighted by Crippen LogP contribution is 2.44. The molecule has 1 N–H and O–H groups in total. The third-order valence-electron chi connectivity index (χ3n) is 4.27. The predicted molar refractivity (Wildman–Crippen MR) is 63.0 cm³/mol. The molecule has 3 unspecified atom stereocenters. The average Bonchev–Trinajstić information content (AvgIpc) is 2.58. The second kappa shape index (κ2) is 4.84. The maximum atomic E-state index is 6.11. The molecule has 0 amide bonds. The lowest BCUT2D eigenvalue weighted by molar-refractivity contribution is -0.108. The minimum Gasteiger partial charge on any atom is -0.375 e. The Morgan fingerprint density at radius 3 is 2.93 bits per heavy atom. The summed E-state index contributed by atoms with van der Waals surface area (Å²) in [5.74, 6) is 0.767. The van der Waals surface area contributed by atoms with Crippen molar-refractivity contribution in [1.29, 1.82) is 0 Å². The molecule has 2 rings (SSSR count). The zero-order valence-corrected chi connectivity index (χ0v) is 10.2. The van der Waals surface area contributed by atoms with Crippen molar-refractivity contribution in [3.05, 3.63) is 0 Å². The van der Waals surface area contributed by atoms with Crippen molar-refractivity contribution in [2.24, 2.45) is 5.92 Å². The quantitative estimate of drug-likeness (QED) is 0.775. The Labute approximate surface area is 93.8 Å². The van der Waals surface area contributed by atoms with Crippen molar-refractivity contribution in [2.75, 3.05) is 13.2 Å². The molecule has 2 heteroatoms. The summed E-state index contributed by atoms with van der Waals surface area (Å²) in [6.45, 7) is 6.73. The summed E-state index contributed by atoms with van der Waals surface area (Å²) in [4.78, 5) is 0. The van der Waals surface area contributed by atoms with Gasteiger partial charge in [0.1, 0.15) is 0 Å². The molecule has 0 aromatic carbocycles. The zero-order valence-electron chi connectivity index (χ0n) is 10.2. The van der Waals surface area contributed by atoms with Crippen LogP contribution in [0.3, 0.4) is 0 Å². The Kier molecular flexibility index (Phi) is 3.68. The molecule has 1 heterocycles. The maximum Gasteiger partial charge on any atom is 0.0722 e. The average molecular weight is 211 g/mol. The molecular formula is C13H25NO. The lowest BCUT2D eigenvalue weighted by Gasteiger charge is -2.41. The molecule has 0 bridgehead atoms. The molecule has 2 nitrogen and oxygen atoms in total. The minimum absolute atomic E-state index is 0.240. The molecule has 2 fully saturated rings. The van der Waals surface area contributed by atoms with Gasteiger partial charge in [-0.15, -0.1) is 0 Å². The molecule has 1 spiro atoms. The van der Waals surface area contributed by atoms with Crippen LogP contribution in [0, 0.1) is 5.92 Å². The zero-order chi connectivity index (χ0) is 10.7. The Hall–Kier alpha value is -0.0800. The van der Waals surface area contributed by atoms with Gasteiger partial charge in [-0.3, -0.25) is 0 Å². The lowest BCUT2D eigenvalue weighted by Crippen LogP contribution is -2.48. The first-order valence-corrected chi connectivity index (χ1v) is 6.64. The standard InChI is InChI=1S/C13H25NO/c1-3-8-14-12-6-9-15-13(10-12)7-4-5-11(13)2/h11-12,14H,3-10H2,1-2H3. The Morgan fingerprint density at radius 1 is 1.40 bits per heavy atom. The van der Waals surface area contributed by atoms with Gasteiger partial charge in [-0.1, -0.05) is 20.3 Å². The van der Waals surface area contributed by atoms with Crippen LogP contribution in [0.2, 0.25) is 0 Å². The van der Waals surface area contributed by atoms with Crippen LogP contribution in [0.1, 0.15) is 52.4 Å². The van der Waals surface area contributed by atoms with Crippen LogP contribution < -0.4 is 5.32 Å². The van der Waals surface area contributed by atoms with Crippen LogP contribution in [-0.2, 0) is 4.74 Å². The fraction of sp³-hybridized carbons (Fsp3) is 1.00. The third kappa shape index (κ3) is 2.36. The van der Waals surface area contributed by atoms with Crippen LogP contribution in [0.4, 0.5) is 0 Å². The molecule has 1 aliphatic carbocycles. The van der Waals surface area contributed by atoms with Gasteiger partial charge in [0.15, 0.2) is 0 Å². The van der Waals surface area contributed by atoms with E-state index in [-0.39, 0.29) is 5.60 Å². The number of hydrogen-bond donors (Lipinski definition) is 1. The van der Waals surface area contributed by atoms with Crippen LogP contribution in [0.15, 0.2) is 0 Å². The second-order valence-electron chi connectivity index (χ2n) is 5.35. The topological polar surface area (TPSA) is 21.3 Å². The van der Waals surface area contributed by atoms with Gasteiger partial charge in [-0.25, -0.2) is 0 Å². The van der Waals surface area contributed by atoms with E-state index in [0.717, 1.165) is 19.1 Å². The summed E-state index contributed by atoms with van der Waals surface area (Å²) < 4.78 is 6.11. The summed E-state index contributed by atoms with van der Waals surface area (Å²) in [7, 11) is 0. The van der Waals surface area contributed by atoms with Gasteiger partial charge in [-0.2, -0.15) is 0 Å². The largest absolute Gasteiger partial charge is 0.375 e. The summed E-state index contributed by atoms with van der Waals surface area (Å²) in [6, 6.07) is 0.708. The van der Waals surface area contributed by atoms with Gasteiger partial charge in [0.2, 0.25) is 0 Å². The summed E-state index contributed by atoms with van der Waals surface area (Å²) in [5.41, 5.74) is 0.240. The Balaban J connectivity index is 1.91. The van der Waals surface area contributed by atoms with Crippen molar-refractivity contribution in [2.45, 2.75) is 64.0 Å². The number of ether oxygens (including phenoxy) is 1. The first-order valence-electron chi connectivity index (χ1n) is 6.64. The highest BCUT2D eigenvalue weighted by atomic mass is 16.5. The molecule has 0 aromatic rings. The highest BCUT2D eigenvalue weighted by molar-refractivity contribution is 4.97. The van der Waals surface area contributed by atoms with Crippen LogP contribution in [-0.4, -0.2) is 24.8 Å². The van der Waals surface area contributed by atoms with E-state index in [1.807, 2.05) is 0 Å². The molecular weight excluding hydrogens is 186 g/mol. The van der Waals surface area contributed by atoms with E-state index in [2.05, 4.69) is 19.2 Å². The van der Waals surface area contributed by atoms with E-state index in [1.54, 1.807) is 0 Å². The SMILES string of the molecule is CCCNC1CCOC2(CCCC2C)C1. The van der Waals surface area contributed by atoms with Crippen molar-refractivity contribution >= 4 is 0 Å². The monoisotopic (exact) mass is 211 g/mol. The van der Waals surface area contributed by atoms with Crippen molar-refractivity contribution in [1.82, 2.24) is 5.32 Å². The molecule has 0 radical (unpaired) electrons. The number of rotatable bonds is 3. The molecule has 88 valence electrons. The van der Waals surface area contributed by atoms with Crippen molar-refractivity contribution < 1.29 is 4.74 Å². The first-order chi connectivity index (χ1) is 7.27. The lowest BCUT2D eigenvalue weighted by atomic mass is 9.83. The smallest absolute Gasteiger partial charge is 0.0722 e. The van der Waals surface area contributed by atoms with E-state index >= 15 is 0 Å². The fourth-order valence-electron chi connectivity index (χ4n) is 3.24. The van der Waals surface area contributed by atoms with Crippen molar-refractivity contribution in [3.63, 3.8) is 0 Å². The number of hydrogen-bond acceptors (Lipinski definition) is 2.